The van der Waals surface area contributed by atoms with Crippen LogP contribution in [0.2, 0.25) is 0 Å². The van der Waals surface area contributed by atoms with Gasteiger partial charge in [0.05, 0.1) is 26.4 Å². The minimum atomic E-state index is -4.95. The van der Waals surface area contributed by atoms with Crippen molar-refractivity contribution in [1.29, 1.82) is 0 Å². The van der Waals surface area contributed by atoms with Crippen molar-refractivity contribution < 1.29 is 80.2 Å². The topological polar surface area (TPSA) is 237 Å². The van der Waals surface area contributed by atoms with E-state index in [0.717, 1.165) is 102 Å². The Balaban J connectivity index is 5.24. The third-order valence-electron chi connectivity index (χ3n) is 17.7. The summed E-state index contributed by atoms with van der Waals surface area (Å²) in [6.07, 6.45) is 51.2. The number of carbonyl (C=O) groups excluding carboxylic acids is 4. The normalized spacial score (nSPS) is 14.7. The molecule has 0 aromatic rings. The summed E-state index contributed by atoms with van der Waals surface area (Å²) in [4.78, 5) is 72.7. The first-order valence-corrected chi connectivity index (χ1v) is 41.1. The second-order valence-corrected chi connectivity index (χ2v) is 29.7. The fourth-order valence-corrected chi connectivity index (χ4v) is 12.6. The molecule has 0 rings (SSSR count). The van der Waals surface area contributed by atoms with Gasteiger partial charge in [0.15, 0.2) is 12.2 Å². The van der Waals surface area contributed by atoms with Gasteiger partial charge < -0.3 is 33.8 Å². The quantitative estimate of drug-likeness (QED) is 0.0222. The van der Waals surface area contributed by atoms with Crippen LogP contribution in [-0.4, -0.2) is 96.7 Å². The van der Waals surface area contributed by atoms with E-state index in [-0.39, 0.29) is 25.7 Å². The van der Waals surface area contributed by atoms with Crippen molar-refractivity contribution in [2.45, 2.75) is 394 Å². The average Bonchev–Trinajstić information content (AvgIpc) is 1.63. The molecule has 4 unspecified atom stereocenters. The van der Waals surface area contributed by atoms with Gasteiger partial charge in [0.2, 0.25) is 0 Å². The molecule has 0 spiro atoms. The van der Waals surface area contributed by atoms with E-state index < -0.39 is 97.5 Å². The number of carbonyl (C=O) groups is 4. The summed E-state index contributed by atoms with van der Waals surface area (Å²) < 4.78 is 68.4. The van der Waals surface area contributed by atoms with Gasteiger partial charge in [-0.05, 0) is 37.5 Å². The lowest BCUT2D eigenvalue weighted by atomic mass is 9.99. The van der Waals surface area contributed by atoms with Crippen molar-refractivity contribution in [3.8, 4) is 0 Å². The van der Waals surface area contributed by atoms with E-state index >= 15 is 0 Å². The number of esters is 4. The molecule has 0 bridgehead atoms. The molecule has 546 valence electrons. The molecule has 0 amide bonds. The average molecular weight is 1350 g/mol. The molecule has 0 radical (unpaired) electrons. The number of phosphoric ester groups is 2. The molecule has 0 aromatic heterocycles. The molecule has 3 N–H and O–H groups in total. The van der Waals surface area contributed by atoms with Crippen molar-refractivity contribution >= 4 is 39.5 Å². The molecule has 0 aliphatic rings. The molecule has 17 nitrogen and oxygen atoms in total. The summed E-state index contributed by atoms with van der Waals surface area (Å²) >= 11 is 0. The first kappa shape index (κ1) is 90.1. The lowest BCUT2D eigenvalue weighted by Gasteiger charge is -2.21. The van der Waals surface area contributed by atoms with Crippen LogP contribution in [0.25, 0.3) is 0 Å². The van der Waals surface area contributed by atoms with Crippen LogP contribution in [0.5, 0.6) is 0 Å². The number of hydrogen-bond donors (Lipinski definition) is 3. The van der Waals surface area contributed by atoms with E-state index in [1.807, 2.05) is 0 Å². The Morgan fingerprint density at radius 2 is 0.522 bits per heavy atom. The Hall–Kier alpha value is -1.94. The van der Waals surface area contributed by atoms with Crippen molar-refractivity contribution in [1.82, 2.24) is 0 Å². The molecule has 7 atom stereocenters. The van der Waals surface area contributed by atoms with Crippen molar-refractivity contribution in [2.24, 2.45) is 11.8 Å². The largest absolute Gasteiger partial charge is 0.472 e. The lowest BCUT2D eigenvalue weighted by Crippen LogP contribution is -2.30. The Morgan fingerprint density at radius 1 is 0.304 bits per heavy atom. The molecule has 0 saturated carbocycles. The zero-order valence-electron chi connectivity index (χ0n) is 59.9. The van der Waals surface area contributed by atoms with Gasteiger partial charge in [0.25, 0.3) is 0 Å². The molecular formula is C73H142O17P2. The van der Waals surface area contributed by atoms with Crippen LogP contribution in [0.15, 0.2) is 0 Å². The number of phosphoric acid groups is 2. The Bertz CT molecular complexity index is 1790. The molecular weight excluding hydrogens is 1210 g/mol. The van der Waals surface area contributed by atoms with Crippen LogP contribution in [0.4, 0.5) is 0 Å². The molecule has 0 heterocycles. The van der Waals surface area contributed by atoms with Crippen LogP contribution in [0, 0.1) is 11.8 Å². The van der Waals surface area contributed by atoms with Gasteiger partial charge in [-0.2, -0.15) is 0 Å². The van der Waals surface area contributed by atoms with Gasteiger partial charge in [0.1, 0.15) is 19.3 Å². The maximum Gasteiger partial charge on any atom is 0.472 e. The zero-order chi connectivity index (χ0) is 67.9. The fourth-order valence-electron chi connectivity index (χ4n) is 11.1. The highest BCUT2D eigenvalue weighted by molar-refractivity contribution is 7.47. The standard InChI is InChI=1S/C73H142O17P2/c1-7-11-13-15-17-19-21-22-23-24-25-26-27-28-30-39-45-51-57-72(77)89-68(62-84-71(76)56-50-44-38-33-31-35-41-47-53-65(5)9-3)63-87-91(79,80)85-59-67(74)60-86-92(81,82)88-64-69(61-83-70(75)55-49-43-37-29-20-18-16-14-12-8-2)90-73(78)58-52-46-40-34-32-36-42-48-54-66(6)10-4/h65-69,74H,7-64H2,1-6H3,(H,79,80)(H,81,82)/t65?,66?,67-,68-,69-/m1/s1. The minimum absolute atomic E-state index is 0.105. The Labute approximate surface area is 562 Å². The summed E-state index contributed by atoms with van der Waals surface area (Å²) in [5, 5.41) is 10.6. The highest BCUT2D eigenvalue weighted by atomic mass is 31.2. The van der Waals surface area contributed by atoms with Gasteiger partial charge in [-0.15, -0.1) is 0 Å². The molecule has 19 heteroatoms. The van der Waals surface area contributed by atoms with E-state index in [2.05, 4.69) is 41.5 Å². The summed E-state index contributed by atoms with van der Waals surface area (Å²) in [6, 6.07) is 0. The molecule has 0 aromatic carbocycles. The monoisotopic (exact) mass is 1350 g/mol. The van der Waals surface area contributed by atoms with Crippen molar-refractivity contribution in [3.05, 3.63) is 0 Å². The van der Waals surface area contributed by atoms with Gasteiger partial charge in [-0.3, -0.25) is 37.3 Å². The number of rotatable bonds is 72. The Kier molecular flexibility index (Phi) is 63.7. The smallest absolute Gasteiger partial charge is 0.462 e. The predicted molar refractivity (Wildman–Crippen MR) is 372 cm³/mol. The molecule has 0 aliphatic carbocycles. The first-order chi connectivity index (χ1) is 44.4. The van der Waals surface area contributed by atoms with E-state index in [1.54, 1.807) is 0 Å². The van der Waals surface area contributed by atoms with Crippen molar-refractivity contribution in [3.63, 3.8) is 0 Å². The second-order valence-electron chi connectivity index (χ2n) is 26.8. The van der Waals surface area contributed by atoms with E-state index in [0.29, 0.717) is 25.7 Å². The minimum Gasteiger partial charge on any atom is -0.462 e. The predicted octanol–water partition coefficient (Wildman–Crippen LogP) is 21.2. The third kappa shape index (κ3) is 64.1. The molecule has 0 fully saturated rings. The number of hydrogen-bond acceptors (Lipinski definition) is 15. The van der Waals surface area contributed by atoms with Crippen LogP contribution >= 0.6 is 15.6 Å². The van der Waals surface area contributed by atoms with E-state index in [1.165, 1.54) is 193 Å². The van der Waals surface area contributed by atoms with Crippen molar-refractivity contribution in [2.75, 3.05) is 39.6 Å². The maximum atomic E-state index is 13.1. The van der Waals surface area contributed by atoms with Crippen LogP contribution in [0.1, 0.15) is 375 Å². The third-order valence-corrected chi connectivity index (χ3v) is 19.6. The van der Waals surface area contributed by atoms with E-state index in [4.69, 9.17) is 37.0 Å². The zero-order valence-corrected chi connectivity index (χ0v) is 61.6. The van der Waals surface area contributed by atoms with Crippen LogP contribution < -0.4 is 0 Å². The van der Waals surface area contributed by atoms with Gasteiger partial charge in [-0.25, -0.2) is 9.13 Å². The van der Waals surface area contributed by atoms with Crippen LogP contribution in [-0.2, 0) is 65.4 Å². The molecule has 92 heavy (non-hydrogen) atoms. The van der Waals surface area contributed by atoms with E-state index in [9.17, 15) is 43.2 Å². The second kappa shape index (κ2) is 65.0. The summed E-state index contributed by atoms with van der Waals surface area (Å²) in [7, 11) is -9.90. The molecule has 0 saturated heterocycles. The SMILES string of the molecule is CCCCCCCCCCCCCCCCCCCCC(=O)O[C@H](COC(=O)CCCCCCCCCCC(C)CC)COP(=O)(O)OC[C@@H](O)COP(=O)(O)OC[C@@H](COC(=O)CCCCCCCCCCCC)OC(=O)CCCCCCCCCCC(C)CC. The number of aliphatic hydroxyl groups is 1. The summed E-state index contributed by atoms with van der Waals surface area (Å²) in [6.45, 7) is 9.56. The van der Waals surface area contributed by atoms with Gasteiger partial charge in [0, 0.05) is 25.7 Å². The summed E-state index contributed by atoms with van der Waals surface area (Å²) in [5.41, 5.74) is 0. The maximum absolute atomic E-state index is 13.1. The number of ether oxygens (including phenoxy) is 4. The molecule has 0 aliphatic heterocycles. The summed E-state index contributed by atoms with van der Waals surface area (Å²) in [5.74, 6) is -0.574. The Morgan fingerprint density at radius 3 is 0.772 bits per heavy atom. The fraction of sp³-hybridized carbons (Fsp3) is 0.945. The number of aliphatic hydroxyl groups excluding tert-OH is 1. The van der Waals surface area contributed by atoms with Crippen LogP contribution in [0.3, 0.4) is 0 Å². The number of unbranched alkanes of at least 4 members (excludes halogenated alkanes) is 40. The highest BCUT2D eigenvalue weighted by Crippen LogP contribution is 2.45. The highest BCUT2D eigenvalue weighted by Gasteiger charge is 2.30. The first-order valence-electron chi connectivity index (χ1n) is 38.1. The van der Waals surface area contributed by atoms with Gasteiger partial charge >= 0.3 is 39.5 Å². The lowest BCUT2D eigenvalue weighted by molar-refractivity contribution is -0.161. The van der Waals surface area contributed by atoms with Gasteiger partial charge in [-0.1, -0.05) is 324 Å².